The first-order valence-electron chi connectivity index (χ1n) is 7.55. The molecule has 0 unspecified atom stereocenters. The fourth-order valence-electron chi connectivity index (χ4n) is 2.09. The maximum absolute atomic E-state index is 11.9. The minimum Gasteiger partial charge on any atom is -0.427 e. The normalized spacial score (nSPS) is 10.7. The van der Waals surface area contributed by atoms with E-state index in [9.17, 15) is 10.1 Å². The Bertz CT molecular complexity index is 713. The van der Waals surface area contributed by atoms with Crippen LogP contribution in [0.15, 0.2) is 91.0 Å². The fraction of sp³-hybridized carbons (Fsp3) is 0. The molecule has 0 saturated heterocycles. The molecule has 0 radical (unpaired) electrons. The van der Waals surface area contributed by atoms with Gasteiger partial charge in [-0.2, -0.15) is 0 Å². The number of nitrogens with zero attached hydrogens (tertiary/aromatic N) is 1. The molecule has 0 spiro atoms. The molecule has 0 aromatic heterocycles. The van der Waals surface area contributed by atoms with E-state index in [2.05, 4.69) is 0 Å². The Hall–Kier alpha value is -3.32. The Morgan fingerprint density at radius 3 is 1.12 bits per heavy atom. The molecule has 3 aromatic rings. The minimum absolute atomic E-state index is 0.303. The maximum Gasteiger partial charge on any atom is 1.14 e. The van der Waals surface area contributed by atoms with Gasteiger partial charge in [-0.1, -0.05) is 54.6 Å². The number of hydrogen-bond donors (Lipinski definition) is 0. The third kappa shape index (κ3) is 4.15. The molecule has 126 valence electrons. The molecule has 0 N–H and O–H groups in total. The molecule has 7 heteroatoms. The highest BCUT2D eigenvalue weighted by atomic mass is 28.4. The van der Waals surface area contributed by atoms with E-state index in [-0.39, 0.29) is 0 Å². The van der Waals surface area contributed by atoms with Crippen molar-refractivity contribution in [2.75, 3.05) is 0 Å². The Labute approximate surface area is 145 Å². The molecule has 0 aliphatic rings. The summed E-state index contributed by atoms with van der Waals surface area (Å²) in [4.78, 5) is 11.9. The van der Waals surface area contributed by atoms with E-state index in [0.717, 1.165) is 0 Å². The molecule has 3 aromatic carbocycles. The fourth-order valence-corrected chi connectivity index (χ4v) is 3.74. The number of nitro groups is 1. The van der Waals surface area contributed by atoms with Gasteiger partial charge in [-0.05, 0) is 36.4 Å². The van der Waals surface area contributed by atoms with Crippen LogP contribution in [0.3, 0.4) is 0 Å². The Morgan fingerprint density at radius 2 is 0.880 bits per heavy atom. The van der Waals surface area contributed by atoms with Crippen LogP contribution in [0, 0.1) is 10.1 Å². The number of para-hydroxylation sites is 3. The lowest BCUT2D eigenvalue weighted by Crippen LogP contribution is -2.62. The number of rotatable bonds is 7. The van der Waals surface area contributed by atoms with Gasteiger partial charge in [0.15, 0.2) is 0 Å². The van der Waals surface area contributed by atoms with E-state index in [0.29, 0.717) is 17.2 Å². The largest absolute Gasteiger partial charge is 1.14 e. The van der Waals surface area contributed by atoms with Crippen molar-refractivity contribution in [2.45, 2.75) is 0 Å². The molecule has 0 aliphatic carbocycles. The average Bonchev–Trinajstić information content (AvgIpc) is 2.64. The third-order valence-corrected chi connectivity index (χ3v) is 5.12. The highest BCUT2D eigenvalue weighted by Gasteiger charge is 2.73. The van der Waals surface area contributed by atoms with E-state index in [1.165, 1.54) is 0 Å². The van der Waals surface area contributed by atoms with Gasteiger partial charge in [0.05, 0.1) is 4.59 Å². The minimum atomic E-state index is -4.37. The first-order valence-corrected chi connectivity index (χ1v) is 9.22. The molecule has 3 rings (SSSR count). The average molecular weight is 353 g/mol. The molecular formula is C18H15NO5Si. The van der Waals surface area contributed by atoms with Crippen LogP contribution in [0.5, 0.6) is 17.2 Å². The quantitative estimate of drug-likeness (QED) is 0.365. The second-order valence-electron chi connectivity index (χ2n) is 5.03. The maximum atomic E-state index is 11.9. The Kier molecular flexibility index (Phi) is 4.96. The zero-order chi connectivity index (χ0) is 17.5. The summed E-state index contributed by atoms with van der Waals surface area (Å²) in [5.74, 6) is 0.910. The molecule has 0 heterocycles. The van der Waals surface area contributed by atoms with Crippen LogP contribution in [0.4, 0.5) is 0 Å². The van der Waals surface area contributed by atoms with Crippen molar-refractivity contribution in [3.63, 3.8) is 0 Å². The monoisotopic (exact) mass is 353 g/mol. The van der Waals surface area contributed by atoms with Gasteiger partial charge < -0.3 is 13.3 Å². The van der Waals surface area contributed by atoms with Gasteiger partial charge >= 0.3 is 8.97 Å². The molecule has 6 nitrogen and oxygen atoms in total. The van der Waals surface area contributed by atoms with Crippen LogP contribution in [0.2, 0.25) is 0 Å². The van der Waals surface area contributed by atoms with Crippen molar-refractivity contribution in [1.29, 1.82) is 0 Å². The van der Waals surface area contributed by atoms with Crippen molar-refractivity contribution < 1.29 is 17.9 Å². The van der Waals surface area contributed by atoms with Crippen LogP contribution in [-0.2, 0) is 0 Å². The summed E-state index contributed by atoms with van der Waals surface area (Å²) in [5.41, 5.74) is 0. The van der Waals surface area contributed by atoms with E-state index in [4.69, 9.17) is 13.3 Å². The summed E-state index contributed by atoms with van der Waals surface area (Å²) in [6.45, 7) is 0. The summed E-state index contributed by atoms with van der Waals surface area (Å²) < 4.78 is 16.4. The standard InChI is InChI=1S/C18H15NO5Si/c20-19(21)25(22-16-10-4-1-5-11-16,23-17-12-6-2-7-13-17)24-18-14-8-3-9-15-18/h1-15H. The Morgan fingerprint density at radius 1 is 0.600 bits per heavy atom. The second-order valence-corrected chi connectivity index (χ2v) is 7.05. The summed E-state index contributed by atoms with van der Waals surface area (Å²) >= 11 is 0. The number of hydrogen-bond acceptors (Lipinski definition) is 5. The van der Waals surface area contributed by atoms with Gasteiger partial charge in [-0.3, -0.25) is 10.1 Å². The molecular weight excluding hydrogens is 338 g/mol. The number of benzene rings is 3. The van der Waals surface area contributed by atoms with Crippen LogP contribution in [-0.4, -0.2) is 13.6 Å². The first-order chi connectivity index (χ1) is 12.2. The van der Waals surface area contributed by atoms with Crippen LogP contribution in [0.25, 0.3) is 0 Å². The molecule has 0 bridgehead atoms. The molecule has 0 atom stereocenters. The third-order valence-electron chi connectivity index (χ3n) is 3.19. The van der Waals surface area contributed by atoms with Crippen molar-refractivity contribution in [1.82, 2.24) is 0 Å². The second kappa shape index (κ2) is 7.50. The van der Waals surface area contributed by atoms with Crippen LogP contribution < -0.4 is 13.3 Å². The molecule has 0 fully saturated rings. The SMILES string of the molecule is O=[N+]([O-])[Si](Oc1ccccc1)(Oc1ccccc1)Oc1ccccc1. The smallest absolute Gasteiger partial charge is 0.427 e. The van der Waals surface area contributed by atoms with Gasteiger partial charge in [0, 0.05) is 0 Å². The summed E-state index contributed by atoms with van der Waals surface area (Å²) in [5, 5.41) is 11.9. The zero-order valence-corrected chi connectivity index (χ0v) is 14.1. The van der Waals surface area contributed by atoms with Gasteiger partial charge in [0.1, 0.15) is 17.2 Å². The van der Waals surface area contributed by atoms with Crippen molar-refractivity contribution in [2.24, 2.45) is 0 Å². The molecule has 0 amide bonds. The van der Waals surface area contributed by atoms with E-state index in [1.54, 1.807) is 91.0 Å². The Balaban J connectivity index is 1.99. The lowest BCUT2D eigenvalue weighted by atomic mass is 10.3. The van der Waals surface area contributed by atoms with Gasteiger partial charge in [0.25, 0.3) is 0 Å². The summed E-state index contributed by atoms with van der Waals surface area (Å²) in [6, 6.07) is 25.4. The first kappa shape index (κ1) is 16.5. The predicted octanol–water partition coefficient (Wildman–Crippen LogP) is 3.94. The molecule has 0 saturated carbocycles. The lowest BCUT2D eigenvalue weighted by Gasteiger charge is -2.20. The van der Waals surface area contributed by atoms with Gasteiger partial charge in [-0.25, -0.2) is 0 Å². The van der Waals surface area contributed by atoms with E-state index < -0.39 is 13.6 Å². The van der Waals surface area contributed by atoms with Gasteiger partial charge in [0.2, 0.25) is 0 Å². The van der Waals surface area contributed by atoms with Crippen LogP contribution >= 0.6 is 0 Å². The topological polar surface area (TPSA) is 70.8 Å². The van der Waals surface area contributed by atoms with Gasteiger partial charge in [-0.15, -0.1) is 0 Å². The highest BCUT2D eigenvalue weighted by Crippen LogP contribution is 2.24. The van der Waals surface area contributed by atoms with Crippen molar-refractivity contribution in [3.8, 4) is 17.2 Å². The lowest BCUT2D eigenvalue weighted by molar-refractivity contribution is -0.395. The van der Waals surface area contributed by atoms with E-state index >= 15 is 0 Å². The highest BCUT2D eigenvalue weighted by molar-refractivity contribution is 6.54. The molecule has 25 heavy (non-hydrogen) atoms. The zero-order valence-electron chi connectivity index (χ0n) is 13.1. The predicted molar refractivity (Wildman–Crippen MR) is 94.0 cm³/mol. The van der Waals surface area contributed by atoms with Crippen LogP contribution in [0.1, 0.15) is 0 Å². The van der Waals surface area contributed by atoms with Crippen molar-refractivity contribution in [3.05, 3.63) is 101 Å². The molecule has 0 aliphatic heterocycles. The summed E-state index contributed by atoms with van der Waals surface area (Å²) in [7, 11) is -4.37. The van der Waals surface area contributed by atoms with E-state index in [1.807, 2.05) is 0 Å². The van der Waals surface area contributed by atoms with Crippen molar-refractivity contribution >= 4 is 8.97 Å². The summed E-state index contributed by atoms with van der Waals surface area (Å²) in [6.07, 6.45) is 0.